The van der Waals surface area contributed by atoms with Gasteiger partial charge in [-0.1, -0.05) is 18.2 Å². The molecule has 2 N–H and O–H groups in total. The Morgan fingerprint density at radius 2 is 1.73 bits per heavy atom. The summed E-state index contributed by atoms with van der Waals surface area (Å²) in [5.74, 6) is -1.07. The third-order valence-corrected chi connectivity index (χ3v) is 4.57. The van der Waals surface area contributed by atoms with Crippen LogP contribution in [0.5, 0.6) is 5.75 Å². The van der Waals surface area contributed by atoms with Gasteiger partial charge in [-0.05, 0) is 35.9 Å². The third-order valence-electron chi connectivity index (χ3n) is 4.57. The number of esters is 2. The molecule has 0 saturated carbocycles. The van der Waals surface area contributed by atoms with Gasteiger partial charge < -0.3 is 24.5 Å². The molecule has 3 rings (SSSR count). The molecule has 8 heteroatoms. The molecule has 1 heterocycles. The Kier molecular flexibility index (Phi) is 6.69. The van der Waals surface area contributed by atoms with E-state index in [1.54, 1.807) is 12.1 Å². The van der Waals surface area contributed by atoms with Crippen LogP contribution in [-0.2, 0) is 25.5 Å². The number of amides is 1. The van der Waals surface area contributed by atoms with Gasteiger partial charge >= 0.3 is 11.9 Å². The molecule has 0 unspecified atom stereocenters. The maximum Gasteiger partial charge on any atom is 0.337 e. The summed E-state index contributed by atoms with van der Waals surface area (Å²) in [5.41, 5.74) is 2.21. The molecule has 1 amide bonds. The highest BCUT2D eigenvalue weighted by Gasteiger charge is 2.23. The van der Waals surface area contributed by atoms with Crippen molar-refractivity contribution in [1.82, 2.24) is 10.3 Å². The Hall–Kier alpha value is -3.81. The van der Waals surface area contributed by atoms with Gasteiger partial charge in [-0.2, -0.15) is 0 Å². The van der Waals surface area contributed by atoms with Crippen LogP contribution < -0.4 is 10.1 Å². The summed E-state index contributed by atoms with van der Waals surface area (Å²) in [4.78, 5) is 39.1. The van der Waals surface area contributed by atoms with Crippen LogP contribution in [0.25, 0.3) is 10.9 Å². The number of nitrogens with one attached hydrogen (secondary N) is 2. The van der Waals surface area contributed by atoms with Crippen LogP contribution in [0, 0.1) is 0 Å². The minimum Gasteiger partial charge on any atom is -0.484 e. The maximum absolute atomic E-state index is 12.3. The van der Waals surface area contributed by atoms with E-state index in [1.165, 1.54) is 26.4 Å². The molecule has 0 bridgehead atoms. The van der Waals surface area contributed by atoms with Gasteiger partial charge in [-0.3, -0.25) is 4.79 Å². The number of hydrogen-bond donors (Lipinski definition) is 2. The number of carbonyl (C=O) groups is 3. The summed E-state index contributed by atoms with van der Waals surface area (Å²) in [6.07, 6.45) is 2.09. The standard InChI is InChI=1S/C22H22N2O6/c1-28-21(26)14-7-9-16(10-8-14)30-13-20(25)24-19(22(27)29-2)11-15-12-23-18-6-4-3-5-17(15)18/h3-10,12,19,23H,11,13H2,1-2H3,(H,24,25)/t19-/m1/s1. The number of para-hydroxylation sites is 1. The Balaban J connectivity index is 1.61. The van der Waals surface area contributed by atoms with Gasteiger partial charge in [0, 0.05) is 23.5 Å². The van der Waals surface area contributed by atoms with Crippen molar-refractivity contribution in [2.75, 3.05) is 20.8 Å². The van der Waals surface area contributed by atoms with Gasteiger partial charge in [0.15, 0.2) is 6.61 Å². The van der Waals surface area contributed by atoms with E-state index in [0.29, 0.717) is 11.3 Å². The maximum atomic E-state index is 12.3. The number of methoxy groups -OCH3 is 2. The number of carbonyl (C=O) groups excluding carboxylic acids is 3. The highest BCUT2D eigenvalue weighted by Crippen LogP contribution is 2.19. The van der Waals surface area contributed by atoms with Crippen molar-refractivity contribution < 1.29 is 28.6 Å². The summed E-state index contributed by atoms with van der Waals surface area (Å²) >= 11 is 0. The van der Waals surface area contributed by atoms with Gasteiger partial charge in [0.05, 0.1) is 19.8 Å². The predicted molar refractivity (Wildman–Crippen MR) is 109 cm³/mol. The van der Waals surface area contributed by atoms with Crippen molar-refractivity contribution in [1.29, 1.82) is 0 Å². The Labute approximate surface area is 173 Å². The predicted octanol–water partition coefficient (Wildman–Crippen LogP) is 2.23. The van der Waals surface area contributed by atoms with Crippen LogP contribution in [0.1, 0.15) is 15.9 Å². The molecule has 0 spiro atoms. The van der Waals surface area contributed by atoms with E-state index in [4.69, 9.17) is 9.47 Å². The number of hydrogen-bond acceptors (Lipinski definition) is 6. The summed E-state index contributed by atoms with van der Waals surface area (Å²) in [7, 11) is 2.57. The Morgan fingerprint density at radius 1 is 1.00 bits per heavy atom. The van der Waals surface area contributed by atoms with E-state index in [0.717, 1.165) is 16.5 Å². The van der Waals surface area contributed by atoms with Gasteiger partial charge in [0.1, 0.15) is 11.8 Å². The fraction of sp³-hybridized carbons (Fsp3) is 0.227. The first-order chi connectivity index (χ1) is 14.5. The zero-order valence-electron chi connectivity index (χ0n) is 16.6. The minimum atomic E-state index is -0.855. The quantitative estimate of drug-likeness (QED) is 0.552. The molecular weight excluding hydrogens is 388 g/mol. The van der Waals surface area contributed by atoms with Gasteiger partial charge in [-0.15, -0.1) is 0 Å². The van der Waals surface area contributed by atoms with Crippen LogP contribution >= 0.6 is 0 Å². The van der Waals surface area contributed by atoms with Crippen LogP contribution in [0.4, 0.5) is 0 Å². The molecule has 1 aromatic heterocycles. The summed E-state index contributed by atoms with van der Waals surface area (Å²) in [5, 5.41) is 3.63. The van der Waals surface area contributed by atoms with Crippen molar-refractivity contribution in [2.24, 2.45) is 0 Å². The minimum absolute atomic E-state index is 0.274. The second-order valence-corrected chi connectivity index (χ2v) is 6.51. The summed E-state index contributed by atoms with van der Waals surface area (Å²) in [6, 6.07) is 13.0. The molecule has 0 saturated heterocycles. The molecule has 0 aliphatic heterocycles. The monoisotopic (exact) mass is 410 g/mol. The lowest BCUT2D eigenvalue weighted by Gasteiger charge is -2.16. The summed E-state index contributed by atoms with van der Waals surface area (Å²) in [6.45, 7) is -0.293. The molecular formula is C22H22N2O6. The Bertz CT molecular complexity index is 1040. The topological polar surface area (TPSA) is 107 Å². The first kappa shape index (κ1) is 20.9. The van der Waals surface area contributed by atoms with Crippen molar-refractivity contribution >= 4 is 28.7 Å². The van der Waals surface area contributed by atoms with Crippen LogP contribution in [-0.4, -0.2) is 49.7 Å². The zero-order valence-corrected chi connectivity index (χ0v) is 16.6. The van der Waals surface area contributed by atoms with E-state index >= 15 is 0 Å². The molecule has 0 aliphatic rings. The largest absolute Gasteiger partial charge is 0.484 e. The van der Waals surface area contributed by atoms with E-state index < -0.39 is 23.9 Å². The first-order valence-corrected chi connectivity index (χ1v) is 9.25. The highest BCUT2D eigenvalue weighted by molar-refractivity contribution is 5.89. The second-order valence-electron chi connectivity index (χ2n) is 6.51. The van der Waals surface area contributed by atoms with Crippen LogP contribution in [0.15, 0.2) is 54.7 Å². The molecule has 1 atom stereocenters. The lowest BCUT2D eigenvalue weighted by atomic mass is 10.0. The molecule has 156 valence electrons. The number of H-pyrrole nitrogens is 1. The number of aromatic nitrogens is 1. The molecule has 30 heavy (non-hydrogen) atoms. The van der Waals surface area contributed by atoms with Crippen LogP contribution in [0.2, 0.25) is 0 Å². The number of aromatic amines is 1. The third kappa shape index (κ3) is 4.96. The van der Waals surface area contributed by atoms with E-state index in [9.17, 15) is 14.4 Å². The van der Waals surface area contributed by atoms with Crippen molar-refractivity contribution in [3.63, 3.8) is 0 Å². The number of fused-ring (bicyclic) bond motifs is 1. The van der Waals surface area contributed by atoms with E-state index in [-0.39, 0.29) is 13.0 Å². The normalized spacial score (nSPS) is 11.5. The first-order valence-electron chi connectivity index (χ1n) is 9.25. The van der Waals surface area contributed by atoms with Crippen molar-refractivity contribution in [2.45, 2.75) is 12.5 Å². The Morgan fingerprint density at radius 3 is 2.43 bits per heavy atom. The lowest BCUT2D eigenvalue weighted by Crippen LogP contribution is -2.44. The molecule has 2 aromatic carbocycles. The van der Waals surface area contributed by atoms with Crippen molar-refractivity contribution in [3.05, 3.63) is 65.9 Å². The number of rotatable bonds is 8. The average molecular weight is 410 g/mol. The molecule has 0 aliphatic carbocycles. The lowest BCUT2D eigenvalue weighted by molar-refractivity contribution is -0.145. The smallest absolute Gasteiger partial charge is 0.337 e. The summed E-state index contributed by atoms with van der Waals surface area (Å²) < 4.78 is 14.9. The number of ether oxygens (including phenoxy) is 3. The second kappa shape index (κ2) is 9.60. The fourth-order valence-corrected chi connectivity index (χ4v) is 3.05. The van der Waals surface area contributed by atoms with E-state index in [1.807, 2.05) is 30.5 Å². The average Bonchev–Trinajstić information content (AvgIpc) is 3.19. The van der Waals surface area contributed by atoms with Crippen LogP contribution in [0.3, 0.4) is 0 Å². The van der Waals surface area contributed by atoms with Crippen molar-refractivity contribution in [3.8, 4) is 5.75 Å². The molecule has 0 radical (unpaired) electrons. The van der Waals surface area contributed by atoms with Gasteiger partial charge in [0.2, 0.25) is 0 Å². The molecule has 0 fully saturated rings. The van der Waals surface area contributed by atoms with Gasteiger partial charge in [-0.25, -0.2) is 9.59 Å². The molecule has 3 aromatic rings. The zero-order chi connectivity index (χ0) is 21.5. The molecule has 8 nitrogen and oxygen atoms in total. The number of benzene rings is 2. The highest BCUT2D eigenvalue weighted by atomic mass is 16.5. The van der Waals surface area contributed by atoms with Gasteiger partial charge in [0.25, 0.3) is 5.91 Å². The van der Waals surface area contributed by atoms with E-state index in [2.05, 4.69) is 15.0 Å². The fourth-order valence-electron chi connectivity index (χ4n) is 3.05. The SMILES string of the molecule is COC(=O)c1ccc(OCC(=O)N[C@H](Cc2c[nH]c3ccccc23)C(=O)OC)cc1.